The Balaban J connectivity index is 3.12. The van der Waals surface area contributed by atoms with Crippen LogP contribution in [0.4, 0.5) is 0 Å². The van der Waals surface area contributed by atoms with Gasteiger partial charge in [0, 0.05) is 6.61 Å². The molecule has 2 heteroatoms. The highest BCUT2D eigenvalue weighted by Gasteiger charge is 1.81. The molecule has 0 amide bonds. The van der Waals surface area contributed by atoms with E-state index in [1.54, 1.807) is 0 Å². The highest BCUT2D eigenvalue weighted by molar-refractivity contribution is 5.00. The largest absolute Gasteiger partial charge is 0.369 e. The van der Waals surface area contributed by atoms with E-state index in [0.717, 1.165) is 19.6 Å². The molecule has 0 bridgehead atoms. The predicted molar refractivity (Wildman–Crippen MR) is 47.4 cm³/mol. The molecule has 0 aliphatic carbocycles. The van der Waals surface area contributed by atoms with E-state index in [-0.39, 0.29) is 0 Å². The van der Waals surface area contributed by atoms with Gasteiger partial charge in [-0.2, -0.15) is 0 Å². The third kappa shape index (κ3) is 9.48. The zero-order chi connectivity index (χ0) is 8.53. The van der Waals surface area contributed by atoms with Crippen molar-refractivity contribution in [2.75, 3.05) is 33.9 Å². The average Bonchev–Trinajstić information content (AvgIpc) is 1.96. The Bertz CT molecular complexity index is 132. The molecule has 0 rings (SSSR count). The van der Waals surface area contributed by atoms with Crippen LogP contribution in [0.25, 0.3) is 0 Å². The Morgan fingerprint density at radius 3 is 2.55 bits per heavy atom. The molecule has 0 radical (unpaired) electrons. The Hall–Kier alpha value is -0.520. The maximum Gasteiger partial charge on any atom is 0.107 e. The van der Waals surface area contributed by atoms with Gasteiger partial charge >= 0.3 is 0 Å². The Morgan fingerprint density at radius 2 is 2.00 bits per heavy atom. The third-order valence-electron chi connectivity index (χ3n) is 1.04. The molecule has 2 nitrogen and oxygen atoms in total. The van der Waals surface area contributed by atoms with Crippen LogP contribution < -0.4 is 0 Å². The predicted octanol–water partition coefficient (Wildman–Crippen LogP) is 0.978. The lowest BCUT2D eigenvalue weighted by atomic mass is 10.5. The molecule has 0 saturated heterocycles. The van der Waals surface area contributed by atoms with Gasteiger partial charge < -0.3 is 4.74 Å². The summed E-state index contributed by atoms with van der Waals surface area (Å²) >= 11 is 0. The summed E-state index contributed by atoms with van der Waals surface area (Å²) in [6.45, 7) is 4.29. The summed E-state index contributed by atoms with van der Waals surface area (Å²) < 4.78 is 5.17. The SMILES string of the molecule is CCCOCC#CCN(C)C. The third-order valence-corrected chi connectivity index (χ3v) is 1.04. The molecule has 0 saturated carbocycles. The van der Waals surface area contributed by atoms with Gasteiger partial charge in [0.05, 0.1) is 6.54 Å². The van der Waals surface area contributed by atoms with Crippen molar-refractivity contribution in [2.24, 2.45) is 0 Å². The van der Waals surface area contributed by atoms with Gasteiger partial charge in [0.2, 0.25) is 0 Å². The van der Waals surface area contributed by atoms with Crippen LogP contribution in [0.15, 0.2) is 0 Å². The van der Waals surface area contributed by atoms with Crippen molar-refractivity contribution in [1.29, 1.82) is 0 Å². The zero-order valence-corrected chi connectivity index (χ0v) is 7.68. The minimum atomic E-state index is 0.571. The lowest BCUT2D eigenvalue weighted by Crippen LogP contribution is -2.11. The summed E-state index contributed by atoms with van der Waals surface area (Å²) in [6.07, 6.45) is 1.06. The Kier molecular flexibility index (Phi) is 7.23. The summed E-state index contributed by atoms with van der Waals surface area (Å²) in [4.78, 5) is 2.03. The fourth-order valence-corrected chi connectivity index (χ4v) is 0.533. The molecular formula is C9H17NO. The highest BCUT2D eigenvalue weighted by atomic mass is 16.5. The molecule has 0 aromatic heterocycles. The smallest absolute Gasteiger partial charge is 0.107 e. The van der Waals surface area contributed by atoms with Gasteiger partial charge in [-0.25, -0.2) is 0 Å². The summed E-state index contributed by atoms with van der Waals surface area (Å²) in [5.74, 6) is 5.93. The van der Waals surface area contributed by atoms with Crippen LogP contribution >= 0.6 is 0 Å². The van der Waals surface area contributed by atoms with Crippen molar-refractivity contribution in [2.45, 2.75) is 13.3 Å². The summed E-state index contributed by atoms with van der Waals surface area (Å²) in [5, 5.41) is 0. The molecule has 0 aromatic carbocycles. The molecule has 0 heterocycles. The van der Waals surface area contributed by atoms with Crippen molar-refractivity contribution < 1.29 is 4.74 Å². The van der Waals surface area contributed by atoms with E-state index >= 15 is 0 Å². The highest BCUT2D eigenvalue weighted by Crippen LogP contribution is 1.77. The van der Waals surface area contributed by atoms with Crippen molar-refractivity contribution in [1.82, 2.24) is 4.90 Å². The van der Waals surface area contributed by atoms with Crippen LogP contribution in [-0.4, -0.2) is 38.8 Å². The van der Waals surface area contributed by atoms with Crippen LogP contribution in [0.3, 0.4) is 0 Å². The number of ether oxygens (including phenoxy) is 1. The van der Waals surface area contributed by atoms with Crippen LogP contribution in [0.5, 0.6) is 0 Å². The second-order valence-corrected chi connectivity index (χ2v) is 2.64. The number of hydrogen-bond donors (Lipinski definition) is 0. The van der Waals surface area contributed by atoms with Gasteiger partial charge in [-0.3, -0.25) is 4.90 Å². The lowest BCUT2D eigenvalue weighted by Gasteiger charge is -2.00. The first kappa shape index (κ1) is 10.5. The van der Waals surface area contributed by atoms with Crippen LogP contribution in [-0.2, 0) is 4.74 Å². The monoisotopic (exact) mass is 155 g/mol. The molecule has 0 N–H and O–H groups in total. The van der Waals surface area contributed by atoms with Crippen molar-refractivity contribution in [3.63, 3.8) is 0 Å². The number of nitrogens with zero attached hydrogens (tertiary/aromatic N) is 1. The van der Waals surface area contributed by atoms with Crippen molar-refractivity contribution in [3.8, 4) is 11.8 Å². The summed E-state index contributed by atoms with van der Waals surface area (Å²) in [5.41, 5.74) is 0. The van der Waals surface area contributed by atoms with Gasteiger partial charge in [0.15, 0.2) is 0 Å². The molecule has 64 valence electrons. The fourth-order valence-electron chi connectivity index (χ4n) is 0.533. The first-order chi connectivity index (χ1) is 5.27. The minimum absolute atomic E-state index is 0.571. The van der Waals surface area contributed by atoms with E-state index < -0.39 is 0 Å². The standard InChI is InChI=1S/C9H17NO/c1-4-8-11-9-6-5-7-10(2)3/h4,7-9H2,1-3H3. The van der Waals surface area contributed by atoms with E-state index in [0.29, 0.717) is 6.61 Å². The molecule has 0 aliphatic rings. The molecule has 0 fully saturated rings. The summed E-state index contributed by atoms with van der Waals surface area (Å²) in [7, 11) is 4.00. The Labute approximate surface area is 69.5 Å². The summed E-state index contributed by atoms with van der Waals surface area (Å²) in [6, 6.07) is 0. The van der Waals surface area contributed by atoms with E-state index in [1.807, 2.05) is 19.0 Å². The maximum atomic E-state index is 5.17. The molecule has 11 heavy (non-hydrogen) atoms. The van der Waals surface area contributed by atoms with Gasteiger partial charge in [-0.1, -0.05) is 18.8 Å². The lowest BCUT2D eigenvalue weighted by molar-refractivity contribution is 0.168. The second kappa shape index (κ2) is 7.59. The zero-order valence-electron chi connectivity index (χ0n) is 7.68. The van der Waals surface area contributed by atoms with E-state index in [9.17, 15) is 0 Å². The van der Waals surface area contributed by atoms with E-state index in [4.69, 9.17) is 4.74 Å². The van der Waals surface area contributed by atoms with Crippen molar-refractivity contribution in [3.05, 3.63) is 0 Å². The first-order valence-electron chi connectivity index (χ1n) is 3.95. The van der Waals surface area contributed by atoms with Crippen molar-refractivity contribution >= 4 is 0 Å². The van der Waals surface area contributed by atoms with Crippen LogP contribution in [0, 0.1) is 11.8 Å². The Morgan fingerprint density at radius 1 is 1.27 bits per heavy atom. The second-order valence-electron chi connectivity index (χ2n) is 2.64. The van der Waals surface area contributed by atoms with E-state index in [2.05, 4.69) is 18.8 Å². The fraction of sp³-hybridized carbons (Fsp3) is 0.778. The minimum Gasteiger partial charge on any atom is -0.369 e. The quantitative estimate of drug-likeness (QED) is 0.443. The molecule has 0 atom stereocenters. The van der Waals surface area contributed by atoms with Gasteiger partial charge in [0.1, 0.15) is 6.61 Å². The number of rotatable bonds is 4. The maximum absolute atomic E-state index is 5.17. The average molecular weight is 155 g/mol. The van der Waals surface area contributed by atoms with Gasteiger partial charge in [-0.15, -0.1) is 0 Å². The normalized spacial score (nSPS) is 9.45. The molecule has 0 spiro atoms. The first-order valence-corrected chi connectivity index (χ1v) is 3.95. The van der Waals surface area contributed by atoms with E-state index in [1.165, 1.54) is 0 Å². The van der Waals surface area contributed by atoms with Gasteiger partial charge in [-0.05, 0) is 20.5 Å². The molecular weight excluding hydrogens is 138 g/mol. The molecule has 0 aromatic rings. The number of hydrogen-bond acceptors (Lipinski definition) is 2. The van der Waals surface area contributed by atoms with Crippen LogP contribution in [0.1, 0.15) is 13.3 Å². The van der Waals surface area contributed by atoms with Gasteiger partial charge in [0.25, 0.3) is 0 Å². The molecule has 0 aliphatic heterocycles. The molecule has 0 unspecified atom stereocenters. The van der Waals surface area contributed by atoms with Crippen LogP contribution in [0.2, 0.25) is 0 Å². The topological polar surface area (TPSA) is 12.5 Å².